The van der Waals surface area contributed by atoms with Crippen molar-refractivity contribution < 1.29 is 22.9 Å². The average Bonchev–Trinajstić information content (AvgIpc) is 2.53. The molecule has 1 amide bonds. The number of sulfone groups is 1. The Bertz CT molecular complexity index is 772. The Morgan fingerprint density at radius 2 is 2.12 bits per heavy atom. The SMILES string of the molecule is CC(C)(C)OC(=O)N1CCCC(S(=O)(=O)c2ncccc2[N+](=O)[O-])C1. The Kier molecular flexibility index (Phi) is 5.31. The fraction of sp³-hybridized carbons (Fsp3) is 0.600. The molecule has 1 aromatic heterocycles. The molecule has 1 aliphatic heterocycles. The van der Waals surface area contributed by atoms with Crippen molar-refractivity contribution in [1.29, 1.82) is 0 Å². The molecule has 0 saturated carbocycles. The van der Waals surface area contributed by atoms with Crippen LogP contribution in [-0.2, 0) is 14.6 Å². The molecule has 0 radical (unpaired) electrons. The minimum absolute atomic E-state index is 0.0784. The summed E-state index contributed by atoms with van der Waals surface area (Å²) in [5.41, 5.74) is -1.25. The van der Waals surface area contributed by atoms with Crippen molar-refractivity contribution in [3.63, 3.8) is 0 Å². The minimum Gasteiger partial charge on any atom is -0.444 e. The van der Waals surface area contributed by atoms with E-state index in [-0.39, 0.29) is 6.54 Å². The topological polar surface area (TPSA) is 120 Å². The standard InChI is InChI=1S/C15H21N3O6S/c1-15(2,3)24-14(19)17-9-5-6-11(10-17)25(22,23)13-12(18(20)21)7-4-8-16-13/h4,7-8,11H,5-6,9-10H2,1-3H3. The van der Waals surface area contributed by atoms with Gasteiger partial charge in [-0.15, -0.1) is 0 Å². The lowest BCUT2D eigenvalue weighted by Crippen LogP contribution is -2.47. The van der Waals surface area contributed by atoms with E-state index in [9.17, 15) is 23.3 Å². The number of hydrogen-bond donors (Lipinski definition) is 0. The van der Waals surface area contributed by atoms with E-state index in [0.29, 0.717) is 19.4 Å². The van der Waals surface area contributed by atoms with Crippen LogP contribution in [0, 0.1) is 10.1 Å². The molecule has 1 aromatic rings. The van der Waals surface area contributed by atoms with Gasteiger partial charge >= 0.3 is 11.8 Å². The van der Waals surface area contributed by atoms with E-state index in [1.807, 2.05) is 0 Å². The summed E-state index contributed by atoms with van der Waals surface area (Å²) in [6.45, 7) is 5.47. The van der Waals surface area contributed by atoms with Crippen LogP contribution in [0.2, 0.25) is 0 Å². The number of carbonyl (C=O) groups excluding carboxylic acids is 1. The molecule has 0 bridgehead atoms. The molecule has 1 atom stereocenters. The summed E-state index contributed by atoms with van der Waals surface area (Å²) < 4.78 is 30.9. The van der Waals surface area contributed by atoms with Crippen molar-refractivity contribution >= 4 is 21.6 Å². The summed E-state index contributed by atoms with van der Waals surface area (Å²) >= 11 is 0. The molecule has 1 fully saturated rings. The number of aromatic nitrogens is 1. The first kappa shape index (κ1) is 19.1. The van der Waals surface area contributed by atoms with Crippen LogP contribution in [0.1, 0.15) is 33.6 Å². The van der Waals surface area contributed by atoms with Crippen LogP contribution >= 0.6 is 0 Å². The van der Waals surface area contributed by atoms with E-state index in [1.54, 1.807) is 20.8 Å². The van der Waals surface area contributed by atoms with Crippen LogP contribution in [-0.4, -0.2) is 53.3 Å². The molecular weight excluding hydrogens is 350 g/mol. The third-order valence-electron chi connectivity index (χ3n) is 3.69. The molecule has 0 aromatic carbocycles. The average molecular weight is 371 g/mol. The van der Waals surface area contributed by atoms with Gasteiger partial charge in [-0.05, 0) is 39.7 Å². The Hall–Kier alpha value is -2.23. The van der Waals surface area contributed by atoms with Crippen LogP contribution in [0.15, 0.2) is 23.4 Å². The molecule has 1 unspecified atom stereocenters. The predicted molar refractivity (Wildman–Crippen MR) is 88.9 cm³/mol. The summed E-state index contributed by atoms with van der Waals surface area (Å²) in [4.78, 5) is 27.5. The van der Waals surface area contributed by atoms with Gasteiger partial charge in [0.2, 0.25) is 14.9 Å². The van der Waals surface area contributed by atoms with E-state index < -0.39 is 42.4 Å². The Morgan fingerprint density at radius 3 is 2.72 bits per heavy atom. The summed E-state index contributed by atoms with van der Waals surface area (Å²) in [6.07, 6.45) is 1.37. The van der Waals surface area contributed by atoms with Crippen molar-refractivity contribution in [2.75, 3.05) is 13.1 Å². The summed E-state index contributed by atoms with van der Waals surface area (Å²) in [6, 6.07) is 2.42. The van der Waals surface area contributed by atoms with Crippen LogP contribution in [0.25, 0.3) is 0 Å². The first-order valence-electron chi connectivity index (χ1n) is 7.83. The van der Waals surface area contributed by atoms with Gasteiger partial charge in [0.1, 0.15) is 5.60 Å². The lowest BCUT2D eigenvalue weighted by Gasteiger charge is -2.33. The van der Waals surface area contributed by atoms with Crippen molar-refractivity contribution in [1.82, 2.24) is 9.88 Å². The Morgan fingerprint density at radius 1 is 1.44 bits per heavy atom. The van der Waals surface area contributed by atoms with Crippen LogP contribution < -0.4 is 0 Å². The third kappa shape index (κ3) is 4.44. The normalized spacial score (nSPS) is 18.7. The first-order valence-corrected chi connectivity index (χ1v) is 9.38. The Balaban J connectivity index is 2.26. The number of ether oxygens (including phenoxy) is 1. The number of pyridine rings is 1. The zero-order valence-electron chi connectivity index (χ0n) is 14.3. The van der Waals surface area contributed by atoms with Gasteiger partial charge in [0.25, 0.3) is 0 Å². The fourth-order valence-corrected chi connectivity index (χ4v) is 4.39. The van der Waals surface area contributed by atoms with Gasteiger partial charge in [-0.1, -0.05) is 0 Å². The third-order valence-corrected chi connectivity index (χ3v) is 5.80. The van der Waals surface area contributed by atoms with Gasteiger partial charge < -0.3 is 9.64 Å². The predicted octanol–water partition coefficient (Wildman–Crippen LogP) is 2.16. The number of rotatable bonds is 3. The lowest BCUT2D eigenvalue weighted by molar-refractivity contribution is -0.388. The highest BCUT2D eigenvalue weighted by Gasteiger charge is 2.39. The molecule has 1 saturated heterocycles. The maximum Gasteiger partial charge on any atom is 0.410 e. The van der Waals surface area contributed by atoms with E-state index >= 15 is 0 Å². The summed E-state index contributed by atoms with van der Waals surface area (Å²) in [5, 5.41) is 9.58. The van der Waals surface area contributed by atoms with Gasteiger partial charge in [-0.3, -0.25) is 10.1 Å². The number of piperidine rings is 1. The minimum atomic E-state index is -4.05. The van der Waals surface area contributed by atoms with E-state index in [4.69, 9.17) is 4.74 Å². The highest BCUT2D eigenvalue weighted by Crippen LogP contribution is 2.29. The van der Waals surface area contributed by atoms with Crippen molar-refractivity contribution in [2.45, 2.75) is 49.5 Å². The van der Waals surface area contributed by atoms with Crippen molar-refractivity contribution in [2.24, 2.45) is 0 Å². The molecule has 25 heavy (non-hydrogen) atoms. The highest BCUT2D eigenvalue weighted by molar-refractivity contribution is 7.92. The molecule has 9 nitrogen and oxygen atoms in total. The monoisotopic (exact) mass is 371 g/mol. The zero-order valence-corrected chi connectivity index (χ0v) is 15.2. The van der Waals surface area contributed by atoms with E-state index in [1.165, 1.54) is 17.2 Å². The van der Waals surface area contributed by atoms with E-state index in [2.05, 4.69) is 4.98 Å². The molecule has 0 N–H and O–H groups in total. The number of nitro groups is 1. The summed E-state index contributed by atoms with van der Waals surface area (Å²) in [7, 11) is -4.05. The largest absolute Gasteiger partial charge is 0.444 e. The van der Waals surface area contributed by atoms with Crippen molar-refractivity contribution in [3.05, 3.63) is 28.4 Å². The molecule has 138 valence electrons. The molecule has 2 rings (SSSR count). The molecule has 2 heterocycles. The number of likely N-dealkylation sites (tertiary alicyclic amines) is 1. The van der Waals surface area contributed by atoms with Gasteiger partial charge in [0.15, 0.2) is 0 Å². The summed E-state index contributed by atoms with van der Waals surface area (Å²) in [5.74, 6) is 0. The maximum atomic E-state index is 12.8. The van der Waals surface area contributed by atoms with Crippen LogP contribution in [0.5, 0.6) is 0 Å². The van der Waals surface area contributed by atoms with Gasteiger partial charge in [-0.2, -0.15) is 0 Å². The van der Waals surface area contributed by atoms with Gasteiger partial charge in [0.05, 0.1) is 10.2 Å². The lowest BCUT2D eigenvalue weighted by atomic mass is 10.1. The first-order chi connectivity index (χ1) is 11.5. The fourth-order valence-electron chi connectivity index (χ4n) is 2.58. The van der Waals surface area contributed by atoms with E-state index in [0.717, 1.165) is 6.07 Å². The smallest absolute Gasteiger partial charge is 0.410 e. The molecule has 10 heteroatoms. The maximum absolute atomic E-state index is 12.8. The Labute approximate surface area is 146 Å². The van der Waals surface area contributed by atoms with Crippen LogP contribution in [0.3, 0.4) is 0 Å². The number of carbonyl (C=O) groups is 1. The second-order valence-electron chi connectivity index (χ2n) is 6.82. The van der Waals surface area contributed by atoms with Gasteiger partial charge in [0, 0.05) is 25.4 Å². The molecule has 1 aliphatic rings. The number of nitrogens with zero attached hydrogens (tertiary/aromatic N) is 3. The second-order valence-corrected chi connectivity index (χ2v) is 8.96. The van der Waals surface area contributed by atoms with Crippen LogP contribution in [0.4, 0.5) is 10.5 Å². The molecule has 0 aliphatic carbocycles. The number of amides is 1. The number of hydrogen-bond acceptors (Lipinski definition) is 7. The second kappa shape index (κ2) is 6.95. The highest BCUT2D eigenvalue weighted by atomic mass is 32.2. The molecular formula is C15H21N3O6S. The quantitative estimate of drug-likeness (QED) is 0.590. The zero-order chi connectivity index (χ0) is 18.8. The molecule has 0 spiro atoms. The van der Waals surface area contributed by atoms with Crippen molar-refractivity contribution in [3.8, 4) is 0 Å². The van der Waals surface area contributed by atoms with Gasteiger partial charge in [-0.25, -0.2) is 18.2 Å².